The van der Waals surface area contributed by atoms with Crippen LogP contribution >= 0.6 is 23.6 Å². The molecule has 4 rings (SSSR count). The van der Waals surface area contributed by atoms with Crippen LogP contribution in [0.2, 0.25) is 0 Å². The van der Waals surface area contributed by atoms with E-state index >= 15 is 0 Å². The minimum atomic E-state index is 0.509. The van der Waals surface area contributed by atoms with Crippen LogP contribution in [0.1, 0.15) is 17.8 Å². The lowest BCUT2D eigenvalue weighted by Gasteiger charge is -2.09. The molecule has 0 aliphatic heterocycles. The van der Waals surface area contributed by atoms with Gasteiger partial charge in [-0.3, -0.25) is 4.98 Å². The van der Waals surface area contributed by atoms with Gasteiger partial charge in [0.25, 0.3) is 0 Å². The van der Waals surface area contributed by atoms with Crippen LogP contribution in [0.3, 0.4) is 0 Å². The fraction of sp³-hybridized carbons (Fsp3) is 0.267. The number of anilines is 1. The van der Waals surface area contributed by atoms with Crippen molar-refractivity contribution in [2.45, 2.75) is 25.8 Å². The number of pyridine rings is 1. The summed E-state index contributed by atoms with van der Waals surface area (Å²) in [4.78, 5) is 17.9. The molecule has 1 saturated carbocycles. The first-order valence-electron chi connectivity index (χ1n) is 7.31. The quantitative estimate of drug-likeness (QED) is 0.709. The number of aryl methyl sites for hydroxylation is 1. The Morgan fingerprint density at radius 1 is 1.22 bits per heavy atom. The van der Waals surface area contributed by atoms with Gasteiger partial charge in [0, 0.05) is 11.4 Å². The van der Waals surface area contributed by atoms with Gasteiger partial charge in [-0.25, -0.2) is 15.0 Å². The van der Waals surface area contributed by atoms with Crippen molar-refractivity contribution < 1.29 is 0 Å². The summed E-state index contributed by atoms with van der Waals surface area (Å²) in [5.41, 5.74) is 2.87. The number of nitrogens with zero attached hydrogens (tertiary/aromatic N) is 4. The summed E-state index contributed by atoms with van der Waals surface area (Å²) < 4.78 is 0. The minimum absolute atomic E-state index is 0.509. The predicted molar refractivity (Wildman–Crippen MR) is 95.6 cm³/mol. The molecule has 0 bridgehead atoms. The van der Waals surface area contributed by atoms with E-state index < -0.39 is 0 Å². The first kappa shape index (κ1) is 14.4. The van der Waals surface area contributed by atoms with Crippen molar-refractivity contribution in [1.29, 1.82) is 0 Å². The maximum absolute atomic E-state index is 5.27. The standard InChI is InChI=1S/C15H14N6S2/c1-8-17-12(7-23-8)11-6-16-10-4-5-13(20-14(10)19-11)21-15(22)18-9-2-3-9/h4-7,9H,2-3H2,1H3,(H2,18,19,20,21,22). The number of thiazole rings is 1. The smallest absolute Gasteiger partial charge is 0.180 e. The van der Waals surface area contributed by atoms with Crippen molar-refractivity contribution in [3.63, 3.8) is 0 Å². The Morgan fingerprint density at radius 3 is 2.83 bits per heavy atom. The maximum Gasteiger partial charge on any atom is 0.180 e. The molecule has 3 aromatic rings. The van der Waals surface area contributed by atoms with E-state index in [0.29, 0.717) is 22.6 Å². The summed E-state index contributed by atoms with van der Waals surface area (Å²) in [7, 11) is 0. The van der Waals surface area contributed by atoms with Crippen LogP contribution < -0.4 is 10.6 Å². The number of thiocarbonyl (C=S) groups is 1. The molecule has 2 N–H and O–H groups in total. The normalized spacial score (nSPS) is 14.0. The van der Waals surface area contributed by atoms with Crippen LogP contribution in [0.15, 0.2) is 23.7 Å². The van der Waals surface area contributed by atoms with E-state index in [0.717, 1.165) is 21.9 Å². The molecule has 1 aliphatic carbocycles. The SMILES string of the molecule is Cc1nc(-c2cnc3ccc(NC(=S)NC4CC4)nc3n2)cs1. The van der Waals surface area contributed by atoms with Crippen LogP contribution in [-0.2, 0) is 0 Å². The van der Waals surface area contributed by atoms with Gasteiger partial charge < -0.3 is 10.6 Å². The lowest BCUT2D eigenvalue weighted by atomic mass is 10.3. The molecular weight excluding hydrogens is 328 g/mol. The summed E-state index contributed by atoms with van der Waals surface area (Å²) in [5, 5.41) is 9.89. The Kier molecular flexibility index (Phi) is 3.62. The average molecular weight is 342 g/mol. The molecular formula is C15H14N6S2. The van der Waals surface area contributed by atoms with Crippen molar-refractivity contribution in [3.05, 3.63) is 28.7 Å². The molecule has 0 amide bonds. The van der Waals surface area contributed by atoms with Crippen molar-refractivity contribution in [3.8, 4) is 11.4 Å². The molecule has 1 fully saturated rings. The Morgan fingerprint density at radius 2 is 2.09 bits per heavy atom. The summed E-state index contributed by atoms with van der Waals surface area (Å²) in [5.74, 6) is 0.663. The van der Waals surface area contributed by atoms with Gasteiger partial charge in [-0.2, -0.15) is 0 Å². The summed E-state index contributed by atoms with van der Waals surface area (Å²) in [6.07, 6.45) is 4.08. The third-order valence-electron chi connectivity index (χ3n) is 3.44. The van der Waals surface area contributed by atoms with E-state index in [-0.39, 0.29) is 0 Å². The van der Waals surface area contributed by atoms with Gasteiger partial charge in [-0.15, -0.1) is 11.3 Å². The monoisotopic (exact) mass is 342 g/mol. The minimum Gasteiger partial charge on any atom is -0.360 e. The van der Waals surface area contributed by atoms with Crippen LogP contribution in [0.5, 0.6) is 0 Å². The Hall–Kier alpha value is -2.19. The van der Waals surface area contributed by atoms with Crippen LogP contribution in [0.4, 0.5) is 5.82 Å². The topological polar surface area (TPSA) is 75.6 Å². The van der Waals surface area contributed by atoms with E-state index in [9.17, 15) is 0 Å². The van der Waals surface area contributed by atoms with Crippen molar-refractivity contribution in [2.24, 2.45) is 0 Å². The number of nitrogens with one attached hydrogen (secondary N) is 2. The van der Waals surface area contributed by atoms with Gasteiger partial charge in [0.2, 0.25) is 0 Å². The predicted octanol–water partition coefficient (Wildman–Crippen LogP) is 2.91. The van der Waals surface area contributed by atoms with E-state index in [1.54, 1.807) is 17.5 Å². The second kappa shape index (κ2) is 5.78. The maximum atomic E-state index is 5.27. The molecule has 3 heterocycles. The molecule has 0 atom stereocenters. The second-order valence-corrected chi connectivity index (χ2v) is 6.89. The highest BCUT2D eigenvalue weighted by atomic mass is 32.1. The third kappa shape index (κ3) is 3.27. The average Bonchev–Trinajstić information content (AvgIpc) is 3.24. The van der Waals surface area contributed by atoms with E-state index in [4.69, 9.17) is 12.2 Å². The van der Waals surface area contributed by atoms with Gasteiger partial charge in [0.15, 0.2) is 10.8 Å². The van der Waals surface area contributed by atoms with E-state index in [1.807, 2.05) is 24.4 Å². The van der Waals surface area contributed by atoms with Gasteiger partial charge in [-0.05, 0) is 44.1 Å². The third-order valence-corrected chi connectivity index (χ3v) is 4.44. The molecule has 6 nitrogen and oxygen atoms in total. The first-order chi connectivity index (χ1) is 11.2. The highest BCUT2D eigenvalue weighted by Gasteiger charge is 2.21. The second-order valence-electron chi connectivity index (χ2n) is 5.42. The van der Waals surface area contributed by atoms with Gasteiger partial charge in [-0.1, -0.05) is 0 Å². The molecule has 0 saturated heterocycles. The Labute approximate surface area is 142 Å². The molecule has 0 spiro atoms. The van der Waals surface area contributed by atoms with Crippen molar-refractivity contribution in [1.82, 2.24) is 25.3 Å². The van der Waals surface area contributed by atoms with Crippen LogP contribution in [-0.4, -0.2) is 31.1 Å². The largest absolute Gasteiger partial charge is 0.360 e. The molecule has 0 radical (unpaired) electrons. The number of hydrogen-bond acceptors (Lipinski definition) is 6. The lowest BCUT2D eigenvalue weighted by Crippen LogP contribution is -2.30. The molecule has 23 heavy (non-hydrogen) atoms. The summed E-state index contributed by atoms with van der Waals surface area (Å²) in [6.45, 7) is 1.97. The van der Waals surface area contributed by atoms with Crippen molar-refractivity contribution in [2.75, 3.05) is 5.32 Å². The molecule has 3 aromatic heterocycles. The van der Waals surface area contributed by atoms with Gasteiger partial charge in [0.05, 0.1) is 11.2 Å². The number of rotatable bonds is 3. The zero-order chi connectivity index (χ0) is 15.8. The number of fused-ring (bicyclic) bond motifs is 1. The zero-order valence-electron chi connectivity index (χ0n) is 12.4. The molecule has 8 heteroatoms. The molecule has 1 aliphatic rings. The number of aromatic nitrogens is 4. The van der Waals surface area contributed by atoms with Crippen LogP contribution in [0.25, 0.3) is 22.6 Å². The molecule has 0 aromatic carbocycles. The van der Waals surface area contributed by atoms with E-state index in [2.05, 4.69) is 30.6 Å². The molecule has 0 unspecified atom stereocenters. The van der Waals surface area contributed by atoms with Crippen molar-refractivity contribution >= 4 is 45.6 Å². The zero-order valence-corrected chi connectivity index (χ0v) is 14.0. The highest BCUT2D eigenvalue weighted by molar-refractivity contribution is 7.80. The number of hydrogen-bond donors (Lipinski definition) is 2. The van der Waals surface area contributed by atoms with Gasteiger partial charge in [0.1, 0.15) is 22.7 Å². The lowest BCUT2D eigenvalue weighted by molar-refractivity contribution is 0.918. The highest BCUT2D eigenvalue weighted by Crippen LogP contribution is 2.21. The van der Waals surface area contributed by atoms with Crippen LogP contribution in [0, 0.1) is 6.92 Å². The first-order valence-corrected chi connectivity index (χ1v) is 8.60. The van der Waals surface area contributed by atoms with E-state index in [1.165, 1.54) is 12.8 Å². The fourth-order valence-electron chi connectivity index (χ4n) is 2.14. The van der Waals surface area contributed by atoms with Gasteiger partial charge >= 0.3 is 0 Å². The molecule has 116 valence electrons. The Balaban J connectivity index is 1.62. The Bertz CT molecular complexity index is 887. The fourth-order valence-corrected chi connectivity index (χ4v) is 3.02. The summed E-state index contributed by atoms with van der Waals surface area (Å²) >= 11 is 6.86. The summed E-state index contributed by atoms with van der Waals surface area (Å²) in [6, 6.07) is 4.24.